The van der Waals surface area contributed by atoms with E-state index in [1.165, 1.54) is 87.5 Å². The van der Waals surface area contributed by atoms with Crippen molar-refractivity contribution in [2.75, 3.05) is 0 Å². The maximum atomic E-state index is 9.19. The Morgan fingerprint density at radius 1 is 0.173 bits per heavy atom. The third kappa shape index (κ3) is 14.6. The van der Waals surface area contributed by atoms with Crippen molar-refractivity contribution in [2.24, 2.45) is 0 Å². The molecule has 420 valence electrons. The van der Waals surface area contributed by atoms with Crippen molar-refractivity contribution in [2.45, 2.75) is 314 Å². The van der Waals surface area contributed by atoms with Crippen LogP contribution in [0.2, 0.25) is 0 Å². The molecule has 0 aliphatic rings. The molecule has 0 bridgehead atoms. The zero-order chi connectivity index (χ0) is 58.8. The minimum absolute atomic E-state index is 0.0554. The molecule has 4 aromatic carbocycles. The fraction of sp³-hybridized carbons (Fsp3) is 0.667. The number of benzene rings is 4. The molecule has 0 N–H and O–H groups in total. The first kappa shape index (κ1) is 64.8. The van der Waals surface area contributed by atoms with Crippen molar-refractivity contribution in [3.05, 3.63) is 115 Å². The molecule has 0 aliphatic carbocycles. The summed E-state index contributed by atoms with van der Waals surface area (Å²) in [5.74, 6) is 0. The molecule has 1 nitrogen and oxygen atoms in total. The van der Waals surface area contributed by atoms with Crippen molar-refractivity contribution in [1.29, 1.82) is 0 Å². The standard InChI is InChI=1S/C72H118OSi2/c1-61(2,3)45-37-53(69(25,26)27)57(41-49(45)65(13,14)15)74(58-42-50(66(16,17)18)46(62(4,5)6)38-54(58)70(28,29)30)73-75(59-43-51(67(19,20)21)47(63(7,8)9)39-55(59)71(31,32)33)60-44-52(68(22,23)24)48(64(10,11)12)40-56(60)72(34,35)36/h37-44,74-75H,1-36H3. The number of hydrogen-bond acceptors (Lipinski definition) is 1. The zero-order valence-corrected chi connectivity index (χ0v) is 58.5. The van der Waals surface area contributed by atoms with E-state index in [9.17, 15) is 4.12 Å². The lowest BCUT2D eigenvalue weighted by molar-refractivity contribution is 0.520. The lowest BCUT2D eigenvalue weighted by Crippen LogP contribution is -2.61. The molecule has 0 aromatic heterocycles. The maximum absolute atomic E-state index is 9.19. The van der Waals surface area contributed by atoms with Crippen molar-refractivity contribution in [1.82, 2.24) is 0 Å². The van der Waals surface area contributed by atoms with Crippen LogP contribution in [0.4, 0.5) is 0 Å². The number of hydrogen-bond donors (Lipinski definition) is 0. The summed E-state index contributed by atoms with van der Waals surface area (Å²) in [4.78, 5) is 0. The van der Waals surface area contributed by atoms with E-state index < -0.39 is 18.1 Å². The Balaban J connectivity index is 2.67. The Morgan fingerprint density at radius 3 is 0.387 bits per heavy atom. The van der Waals surface area contributed by atoms with Crippen LogP contribution in [0.5, 0.6) is 0 Å². The Labute approximate surface area is 469 Å². The van der Waals surface area contributed by atoms with Gasteiger partial charge in [-0.1, -0.05) is 298 Å². The fourth-order valence-corrected chi connectivity index (χ4v) is 20.2. The summed E-state index contributed by atoms with van der Waals surface area (Å²) in [5, 5.41) is 5.80. The molecule has 0 spiro atoms. The van der Waals surface area contributed by atoms with Crippen LogP contribution >= 0.6 is 0 Å². The molecule has 75 heavy (non-hydrogen) atoms. The Kier molecular flexibility index (Phi) is 17.4. The predicted molar refractivity (Wildman–Crippen MR) is 344 cm³/mol. The average Bonchev–Trinajstić information content (AvgIpc) is 3.15. The second kappa shape index (κ2) is 20.1. The number of rotatable bonds is 6. The molecule has 0 aliphatic heterocycles. The van der Waals surface area contributed by atoms with Gasteiger partial charge in [-0.3, -0.25) is 0 Å². The minimum Gasteiger partial charge on any atom is -0.446 e. The summed E-state index contributed by atoms with van der Waals surface area (Å²) in [6.45, 7) is 87.7. The summed E-state index contributed by atoms with van der Waals surface area (Å²) < 4.78 is 9.19. The van der Waals surface area contributed by atoms with Gasteiger partial charge in [0.25, 0.3) is 0 Å². The second-order valence-electron chi connectivity index (χ2n) is 35.8. The SMILES string of the molecule is CC(C)(C)c1cc(C(C)(C)C)c(C(C)(C)C)cc1[SiH](O[SiH](c1cc(C(C)(C)C)c(C(C)(C)C)cc1C(C)(C)C)c1cc(C(C)(C)C)c(C(C)(C)C)cc1C(C)(C)C)c1cc(C(C)(C)C)c(C(C)(C)C)cc1C(C)(C)C. The van der Waals surface area contributed by atoms with Crippen molar-refractivity contribution in [3.63, 3.8) is 0 Å². The summed E-state index contributed by atoms with van der Waals surface area (Å²) in [6, 6.07) is 21.5. The van der Waals surface area contributed by atoms with E-state index in [2.05, 4.69) is 298 Å². The molecule has 0 heterocycles. The maximum Gasteiger partial charge on any atom is 0.229 e. The van der Waals surface area contributed by atoms with Crippen LogP contribution in [0.1, 0.15) is 316 Å². The quantitative estimate of drug-likeness (QED) is 0.175. The lowest BCUT2D eigenvalue weighted by Gasteiger charge is -2.41. The van der Waals surface area contributed by atoms with E-state index in [4.69, 9.17) is 0 Å². The van der Waals surface area contributed by atoms with Gasteiger partial charge >= 0.3 is 0 Å². The van der Waals surface area contributed by atoms with Gasteiger partial charge in [-0.05, 0) is 152 Å². The highest BCUT2D eigenvalue weighted by Crippen LogP contribution is 2.43. The Morgan fingerprint density at radius 2 is 0.280 bits per heavy atom. The van der Waals surface area contributed by atoms with E-state index in [0.717, 1.165) is 0 Å². The monoisotopic (exact) mass is 1050 g/mol. The zero-order valence-electron chi connectivity index (χ0n) is 56.2. The largest absolute Gasteiger partial charge is 0.446 e. The summed E-state index contributed by atoms with van der Waals surface area (Å²) >= 11 is 0. The van der Waals surface area contributed by atoms with Gasteiger partial charge in [-0.15, -0.1) is 0 Å². The normalized spacial score (nSPS) is 14.7. The highest BCUT2D eigenvalue weighted by molar-refractivity contribution is 6.92. The van der Waals surface area contributed by atoms with Crippen LogP contribution in [0.15, 0.2) is 48.5 Å². The van der Waals surface area contributed by atoms with Crippen LogP contribution in [0.3, 0.4) is 0 Å². The third-order valence-corrected chi connectivity index (χ3v) is 22.2. The molecule has 0 unspecified atom stereocenters. The molecular weight excluding hydrogens is 937 g/mol. The minimum atomic E-state index is -2.77. The van der Waals surface area contributed by atoms with Crippen LogP contribution in [0.25, 0.3) is 0 Å². The molecule has 4 aromatic rings. The molecular formula is C72H118OSi2. The first-order valence-corrected chi connectivity index (χ1v) is 32.5. The Hall–Kier alpha value is -2.73. The molecule has 0 radical (unpaired) electrons. The van der Waals surface area contributed by atoms with E-state index in [1.54, 1.807) is 0 Å². The van der Waals surface area contributed by atoms with E-state index >= 15 is 0 Å². The fourth-order valence-electron chi connectivity index (χ4n) is 11.7. The first-order valence-electron chi connectivity index (χ1n) is 29.2. The van der Waals surface area contributed by atoms with Crippen LogP contribution in [-0.2, 0) is 69.1 Å². The summed E-state index contributed by atoms with van der Waals surface area (Å²) in [7, 11) is -5.54. The van der Waals surface area contributed by atoms with Gasteiger partial charge in [0.1, 0.15) is 0 Å². The molecule has 0 atom stereocenters. The molecule has 0 fully saturated rings. The van der Waals surface area contributed by atoms with Gasteiger partial charge in [0, 0.05) is 0 Å². The van der Waals surface area contributed by atoms with E-state index in [1.807, 2.05) is 0 Å². The molecule has 0 amide bonds. The first-order chi connectivity index (χ1) is 32.8. The topological polar surface area (TPSA) is 9.23 Å². The van der Waals surface area contributed by atoms with Gasteiger partial charge in [0.05, 0.1) is 0 Å². The average molecular weight is 1060 g/mol. The van der Waals surface area contributed by atoms with Gasteiger partial charge < -0.3 is 4.12 Å². The molecule has 0 saturated carbocycles. The van der Waals surface area contributed by atoms with Crippen molar-refractivity contribution < 1.29 is 4.12 Å². The molecule has 0 saturated heterocycles. The Bertz CT molecular complexity index is 2330. The van der Waals surface area contributed by atoms with Gasteiger partial charge in [-0.2, -0.15) is 0 Å². The van der Waals surface area contributed by atoms with Gasteiger partial charge in [0.2, 0.25) is 18.1 Å². The summed E-state index contributed by atoms with van der Waals surface area (Å²) in [6.07, 6.45) is 0. The van der Waals surface area contributed by atoms with Crippen molar-refractivity contribution >= 4 is 38.8 Å². The smallest absolute Gasteiger partial charge is 0.229 e. The summed E-state index contributed by atoms with van der Waals surface area (Å²) in [5.41, 5.74) is 16.0. The van der Waals surface area contributed by atoms with E-state index in [-0.39, 0.29) is 65.0 Å². The van der Waals surface area contributed by atoms with E-state index in [0.29, 0.717) is 0 Å². The highest BCUT2D eigenvalue weighted by atomic mass is 28.4. The van der Waals surface area contributed by atoms with Crippen LogP contribution in [0, 0.1) is 0 Å². The predicted octanol–water partition coefficient (Wildman–Crippen LogP) is 17.6. The second-order valence-corrected chi connectivity index (χ2v) is 40.9. The lowest BCUT2D eigenvalue weighted by atomic mass is 9.72. The molecule has 3 heteroatoms. The van der Waals surface area contributed by atoms with Gasteiger partial charge in [-0.25, -0.2) is 0 Å². The molecule has 4 rings (SSSR count). The van der Waals surface area contributed by atoms with Crippen LogP contribution < -0.4 is 20.7 Å². The highest BCUT2D eigenvalue weighted by Gasteiger charge is 2.43. The van der Waals surface area contributed by atoms with Crippen LogP contribution in [-0.4, -0.2) is 18.1 Å². The van der Waals surface area contributed by atoms with Crippen molar-refractivity contribution in [3.8, 4) is 0 Å². The van der Waals surface area contributed by atoms with Gasteiger partial charge in [0.15, 0.2) is 0 Å². The third-order valence-electron chi connectivity index (χ3n) is 15.9.